The molecule has 10 nitrogen and oxygen atoms in total. The molecule has 2 aromatic carbocycles. The lowest BCUT2D eigenvalue weighted by atomic mass is 9.94. The van der Waals surface area contributed by atoms with Crippen LogP contribution in [0.1, 0.15) is 55.1 Å². The van der Waals surface area contributed by atoms with Crippen molar-refractivity contribution in [3.63, 3.8) is 0 Å². The van der Waals surface area contributed by atoms with Crippen LogP contribution < -0.4 is 9.64 Å². The number of aromatic nitrogens is 5. The maximum Gasteiger partial charge on any atom is 0.319 e. The van der Waals surface area contributed by atoms with Gasteiger partial charge >= 0.3 is 6.01 Å². The fraction of sp³-hybridized carbons (Fsp3) is 0.395. The number of carbonyl (C=O) groups excluding carboxylic acids is 1. The first-order chi connectivity index (χ1) is 24.7. The fourth-order valence-electron chi connectivity index (χ4n) is 8.29. The number of phenolic OH excluding ortho intramolecular Hbond substituents is 1. The molecule has 5 aromatic rings. The smallest absolute Gasteiger partial charge is 0.319 e. The Balaban J connectivity index is 1.19. The molecule has 0 amide bonds. The minimum atomic E-state index is -0.947. The highest BCUT2D eigenvalue weighted by Crippen LogP contribution is 2.42. The quantitative estimate of drug-likeness (QED) is 0.189. The number of piperidine rings is 1. The van der Waals surface area contributed by atoms with Crippen molar-refractivity contribution in [3.05, 3.63) is 72.2 Å². The Bertz CT molecular complexity index is 2180. The second-order valence-corrected chi connectivity index (χ2v) is 13.8. The summed E-state index contributed by atoms with van der Waals surface area (Å²) in [4.78, 5) is 31.2. The molecule has 0 aliphatic carbocycles. The van der Waals surface area contributed by atoms with Crippen molar-refractivity contribution < 1.29 is 27.8 Å². The third-order valence-electron chi connectivity index (χ3n) is 10.8. The van der Waals surface area contributed by atoms with Gasteiger partial charge in [0.1, 0.15) is 41.4 Å². The Morgan fingerprint density at radius 2 is 1.98 bits per heavy atom. The number of alkyl halides is 1. The number of benzene rings is 2. The van der Waals surface area contributed by atoms with E-state index in [1.807, 2.05) is 11.8 Å². The third-order valence-corrected chi connectivity index (χ3v) is 10.8. The molecule has 264 valence electrons. The van der Waals surface area contributed by atoms with Crippen molar-refractivity contribution in [2.45, 2.75) is 57.2 Å². The van der Waals surface area contributed by atoms with Crippen LogP contribution in [0.4, 0.5) is 19.0 Å². The summed E-state index contributed by atoms with van der Waals surface area (Å²) in [5.41, 5.74) is 0.613. The van der Waals surface area contributed by atoms with Gasteiger partial charge in [-0.25, -0.2) is 17.9 Å². The first-order valence-electron chi connectivity index (χ1n) is 17.5. The predicted octanol–water partition coefficient (Wildman–Crippen LogP) is 6.74. The standard InChI is InChI=1S/C38H38F3N7O3/c1-3-25-10-15-48(45-25)36(50)22-8-13-46(14-9-22)35-29-19-42-33(28-17-26(49)16-23-6-7-30(40)27(4-2)31(23)28)32(41)34(29)43-37(44-35)51-21-38-11-5-12-47(38)20-24(39)18-38/h3,6-7,10,15-17,19,22,24,49H,1,4-5,8-9,11-14,18,20-21H2,2H3/t24-,38+/m1/s1. The maximum atomic E-state index is 16.9. The number of anilines is 1. The molecule has 2 atom stereocenters. The molecule has 13 heteroatoms. The Morgan fingerprint density at radius 1 is 1.16 bits per heavy atom. The summed E-state index contributed by atoms with van der Waals surface area (Å²) in [6.45, 7) is 7.71. The predicted molar refractivity (Wildman–Crippen MR) is 188 cm³/mol. The maximum absolute atomic E-state index is 16.9. The number of rotatable bonds is 8. The number of halogens is 3. The third kappa shape index (κ3) is 5.77. The summed E-state index contributed by atoms with van der Waals surface area (Å²) in [6.07, 6.45) is 7.18. The Morgan fingerprint density at radius 3 is 2.75 bits per heavy atom. The molecular weight excluding hydrogens is 659 g/mol. The fourth-order valence-corrected chi connectivity index (χ4v) is 8.29. The topological polar surface area (TPSA) is 110 Å². The van der Waals surface area contributed by atoms with Crippen molar-refractivity contribution in [2.24, 2.45) is 5.92 Å². The number of aryl methyl sites for hydroxylation is 1. The van der Waals surface area contributed by atoms with E-state index in [0.29, 0.717) is 78.6 Å². The molecule has 8 rings (SSSR count). The number of aromatic hydroxyl groups is 1. The normalized spacial score (nSPS) is 21.1. The van der Waals surface area contributed by atoms with Crippen LogP contribution in [0, 0.1) is 17.6 Å². The van der Waals surface area contributed by atoms with Gasteiger partial charge < -0.3 is 14.7 Å². The van der Waals surface area contributed by atoms with Gasteiger partial charge in [0, 0.05) is 49.9 Å². The Hall–Kier alpha value is -5.04. The molecule has 3 aromatic heterocycles. The van der Waals surface area contributed by atoms with E-state index in [-0.39, 0.29) is 47.0 Å². The molecule has 3 aliphatic heterocycles. The van der Waals surface area contributed by atoms with Crippen LogP contribution in [-0.4, -0.2) is 85.1 Å². The van der Waals surface area contributed by atoms with E-state index in [4.69, 9.17) is 9.72 Å². The summed E-state index contributed by atoms with van der Waals surface area (Å²) in [7, 11) is 0. The highest BCUT2D eigenvalue weighted by molar-refractivity contribution is 6.01. The summed E-state index contributed by atoms with van der Waals surface area (Å²) in [5.74, 6) is -1.30. The van der Waals surface area contributed by atoms with Gasteiger partial charge in [-0.15, -0.1) is 0 Å². The summed E-state index contributed by atoms with van der Waals surface area (Å²) >= 11 is 0. The van der Waals surface area contributed by atoms with E-state index < -0.39 is 23.3 Å². The Labute approximate surface area is 292 Å². The van der Waals surface area contributed by atoms with Crippen LogP contribution in [0.2, 0.25) is 0 Å². The number of ether oxygens (including phenoxy) is 1. The summed E-state index contributed by atoms with van der Waals surface area (Å²) in [6, 6.07) is 7.46. The molecule has 3 fully saturated rings. The number of carbonyl (C=O) groups is 1. The van der Waals surface area contributed by atoms with E-state index in [9.17, 15) is 14.3 Å². The lowest BCUT2D eigenvalue weighted by Crippen LogP contribution is -2.43. The van der Waals surface area contributed by atoms with Gasteiger partial charge in [0.25, 0.3) is 0 Å². The van der Waals surface area contributed by atoms with E-state index in [2.05, 4.69) is 26.5 Å². The molecule has 0 radical (unpaired) electrons. The Kier molecular flexibility index (Phi) is 8.40. The van der Waals surface area contributed by atoms with Crippen LogP contribution in [0.5, 0.6) is 11.8 Å². The van der Waals surface area contributed by atoms with Gasteiger partial charge in [-0.05, 0) is 85.3 Å². The van der Waals surface area contributed by atoms with Gasteiger partial charge in [-0.3, -0.25) is 14.7 Å². The molecule has 0 unspecified atom stereocenters. The number of fused-ring (bicyclic) bond motifs is 3. The van der Waals surface area contributed by atoms with Gasteiger partial charge in [-0.1, -0.05) is 19.6 Å². The van der Waals surface area contributed by atoms with Crippen LogP contribution in [-0.2, 0) is 6.42 Å². The monoisotopic (exact) mass is 697 g/mol. The van der Waals surface area contributed by atoms with Crippen molar-refractivity contribution in [3.8, 4) is 23.0 Å². The zero-order valence-corrected chi connectivity index (χ0v) is 28.3. The minimum absolute atomic E-state index is 0.0480. The van der Waals surface area contributed by atoms with E-state index in [1.54, 1.807) is 24.4 Å². The average Bonchev–Trinajstić information content (AvgIpc) is 3.85. The van der Waals surface area contributed by atoms with Gasteiger partial charge in [0.15, 0.2) is 5.82 Å². The minimum Gasteiger partial charge on any atom is -0.508 e. The van der Waals surface area contributed by atoms with Crippen molar-refractivity contribution >= 4 is 39.5 Å². The summed E-state index contributed by atoms with van der Waals surface area (Å²) in [5, 5.41) is 16.2. The highest BCUT2D eigenvalue weighted by atomic mass is 19.1. The number of nitrogens with zero attached hydrogens (tertiary/aromatic N) is 7. The van der Waals surface area contributed by atoms with Crippen LogP contribution in [0.25, 0.3) is 39.0 Å². The molecule has 51 heavy (non-hydrogen) atoms. The van der Waals surface area contributed by atoms with Crippen LogP contribution >= 0.6 is 0 Å². The second kappa shape index (κ2) is 12.9. The second-order valence-electron chi connectivity index (χ2n) is 13.8. The van der Waals surface area contributed by atoms with Crippen molar-refractivity contribution in [1.29, 1.82) is 0 Å². The SMILES string of the molecule is C=Cc1ccn(C(=O)C2CCN(c3nc(OC[C@@]45CCCN4C[C@H](F)C5)nc4c(F)c(-c5cc(O)cc6ccc(F)c(CC)c56)ncc34)CC2)n1. The molecule has 0 spiro atoms. The molecule has 6 heterocycles. The first kappa shape index (κ1) is 33.1. The molecule has 0 bridgehead atoms. The number of phenols is 1. The molecule has 1 N–H and O–H groups in total. The summed E-state index contributed by atoms with van der Waals surface area (Å²) < 4.78 is 54.1. The number of hydrogen-bond acceptors (Lipinski definition) is 9. The lowest BCUT2D eigenvalue weighted by Gasteiger charge is -2.33. The number of hydrogen-bond donors (Lipinski definition) is 1. The lowest BCUT2D eigenvalue weighted by molar-refractivity contribution is 0.0796. The molecular formula is C38H38F3N7O3. The zero-order valence-electron chi connectivity index (χ0n) is 28.3. The first-order valence-corrected chi connectivity index (χ1v) is 17.5. The van der Waals surface area contributed by atoms with E-state index in [0.717, 1.165) is 19.4 Å². The van der Waals surface area contributed by atoms with Gasteiger partial charge in [0.05, 0.1) is 16.6 Å². The number of pyridine rings is 1. The molecule has 0 saturated carbocycles. The van der Waals surface area contributed by atoms with Crippen molar-refractivity contribution in [2.75, 3.05) is 37.7 Å². The van der Waals surface area contributed by atoms with Crippen LogP contribution in [0.3, 0.4) is 0 Å². The van der Waals surface area contributed by atoms with Gasteiger partial charge in [-0.2, -0.15) is 15.1 Å². The average molecular weight is 698 g/mol. The molecule has 3 saturated heterocycles. The largest absolute Gasteiger partial charge is 0.508 e. The van der Waals surface area contributed by atoms with E-state index in [1.165, 1.54) is 29.1 Å². The zero-order chi connectivity index (χ0) is 35.4. The van der Waals surface area contributed by atoms with Crippen LogP contribution in [0.15, 0.2) is 49.3 Å². The van der Waals surface area contributed by atoms with E-state index >= 15 is 8.78 Å². The van der Waals surface area contributed by atoms with Gasteiger partial charge in [0.2, 0.25) is 5.91 Å². The highest BCUT2D eigenvalue weighted by Gasteiger charge is 2.49. The molecule has 3 aliphatic rings. The van der Waals surface area contributed by atoms with Crippen molar-refractivity contribution in [1.82, 2.24) is 29.6 Å².